The van der Waals surface area contributed by atoms with E-state index < -0.39 is 6.10 Å². The highest BCUT2D eigenvalue weighted by molar-refractivity contribution is 6.42. The van der Waals surface area contributed by atoms with Gasteiger partial charge < -0.3 is 10.1 Å². The largest absolute Gasteiger partial charge is 0.380 e. The van der Waals surface area contributed by atoms with E-state index in [1.165, 1.54) is 0 Å². The molecular weight excluding hydrogens is 283 g/mol. The molecule has 96 valence electrons. The van der Waals surface area contributed by atoms with Crippen LogP contribution in [0.5, 0.6) is 0 Å². The van der Waals surface area contributed by atoms with Crippen LogP contribution < -0.4 is 0 Å². The molecule has 1 aromatic heterocycles. The quantitative estimate of drug-likeness (QED) is 0.751. The van der Waals surface area contributed by atoms with Crippen molar-refractivity contribution in [1.82, 2.24) is 9.97 Å². The van der Waals surface area contributed by atoms with Crippen molar-refractivity contribution in [1.29, 1.82) is 0 Å². The molecule has 3 rings (SSSR count). The normalized spacial score (nSPS) is 12.8. The monoisotopic (exact) mass is 292 g/mol. The third-order valence-corrected chi connectivity index (χ3v) is 3.64. The maximum atomic E-state index is 10.3. The van der Waals surface area contributed by atoms with E-state index in [2.05, 4.69) is 9.97 Å². The first kappa shape index (κ1) is 12.5. The average molecular weight is 293 g/mol. The molecule has 0 spiro atoms. The fourth-order valence-electron chi connectivity index (χ4n) is 1.95. The van der Waals surface area contributed by atoms with E-state index in [0.29, 0.717) is 21.4 Å². The summed E-state index contributed by atoms with van der Waals surface area (Å²) in [6, 6.07) is 12.7. The predicted octanol–water partition coefficient (Wildman–Crippen LogP) is 3.95. The Morgan fingerprint density at radius 3 is 2.47 bits per heavy atom. The van der Waals surface area contributed by atoms with Crippen molar-refractivity contribution < 1.29 is 5.11 Å². The summed E-state index contributed by atoms with van der Waals surface area (Å²) in [7, 11) is 0. The number of aromatic nitrogens is 2. The fraction of sp³-hybridized carbons (Fsp3) is 0.0714. The van der Waals surface area contributed by atoms with Crippen LogP contribution in [0.25, 0.3) is 11.0 Å². The summed E-state index contributed by atoms with van der Waals surface area (Å²) in [5.74, 6) is 0.472. The summed E-state index contributed by atoms with van der Waals surface area (Å²) in [5, 5.41) is 11.2. The van der Waals surface area contributed by atoms with E-state index in [-0.39, 0.29) is 0 Å². The first-order valence-electron chi connectivity index (χ1n) is 5.73. The van der Waals surface area contributed by atoms with Gasteiger partial charge in [-0.15, -0.1) is 0 Å². The molecule has 0 saturated carbocycles. The van der Waals surface area contributed by atoms with Gasteiger partial charge in [-0.2, -0.15) is 0 Å². The van der Waals surface area contributed by atoms with Gasteiger partial charge in [-0.25, -0.2) is 4.98 Å². The summed E-state index contributed by atoms with van der Waals surface area (Å²) in [4.78, 5) is 7.40. The topological polar surface area (TPSA) is 48.9 Å². The summed E-state index contributed by atoms with van der Waals surface area (Å²) in [6.45, 7) is 0. The molecule has 3 nitrogen and oxygen atoms in total. The number of nitrogens with zero attached hydrogens (tertiary/aromatic N) is 1. The second-order valence-corrected chi connectivity index (χ2v) is 5.03. The Labute approximate surface area is 119 Å². The number of H-pyrrole nitrogens is 1. The molecule has 0 saturated heterocycles. The molecule has 0 amide bonds. The van der Waals surface area contributed by atoms with Gasteiger partial charge in [-0.05, 0) is 17.7 Å². The lowest BCUT2D eigenvalue weighted by Crippen LogP contribution is -2.01. The number of hydrogen-bond donors (Lipinski definition) is 2. The van der Waals surface area contributed by atoms with E-state index in [0.717, 1.165) is 11.1 Å². The second-order valence-electron chi connectivity index (χ2n) is 4.22. The number of benzene rings is 2. The van der Waals surface area contributed by atoms with Crippen molar-refractivity contribution >= 4 is 34.2 Å². The van der Waals surface area contributed by atoms with Gasteiger partial charge in [0.15, 0.2) is 0 Å². The minimum absolute atomic E-state index is 0.446. The van der Waals surface area contributed by atoms with E-state index >= 15 is 0 Å². The maximum Gasteiger partial charge on any atom is 0.140 e. The van der Waals surface area contributed by atoms with Gasteiger partial charge in [0.25, 0.3) is 0 Å². The van der Waals surface area contributed by atoms with E-state index in [9.17, 15) is 5.11 Å². The molecule has 0 aliphatic carbocycles. The highest BCUT2D eigenvalue weighted by atomic mass is 35.5. The zero-order chi connectivity index (χ0) is 13.4. The van der Waals surface area contributed by atoms with Crippen molar-refractivity contribution in [2.75, 3.05) is 0 Å². The van der Waals surface area contributed by atoms with Crippen LogP contribution in [0.15, 0.2) is 42.5 Å². The Hall–Kier alpha value is -1.55. The number of rotatable bonds is 2. The van der Waals surface area contributed by atoms with Crippen molar-refractivity contribution in [2.24, 2.45) is 0 Å². The molecular formula is C14H10Cl2N2O. The molecule has 1 atom stereocenters. The third-order valence-electron chi connectivity index (χ3n) is 2.92. The smallest absolute Gasteiger partial charge is 0.140 e. The van der Waals surface area contributed by atoms with Gasteiger partial charge in [0.2, 0.25) is 0 Å². The molecule has 2 N–H and O–H groups in total. The number of halogens is 2. The SMILES string of the molecule is OC(c1ccccc1)c1nc2cc(Cl)c(Cl)cc2[nH]1. The highest BCUT2D eigenvalue weighted by Gasteiger charge is 2.15. The van der Waals surface area contributed by atoms with Gasteiger partial charge in [0, 0.05) is 0 Å². The molecule has 0 aliphatic rings. The first-order valence-corrected chi connectivity index (χ1v) is 6.48. The van der Waals surface area contributed by atoms with Gasteiger partial charge in [0.05, 0.1) is 21.1 Å². The molecule has 0 fully saturated rings. The minimum atomic E-state index is -0.800. The number of imidazole rings is 1. The van der Waals surface area contributed by atoms with E-state index in [1.807, 2.05) is 30.3 Å². The molecule has 1 heterocycles. The van der Waals surface area contributed by atoms with Crippen LogP contribution in [0.3, 0.4) is 0 Å². The summed E-state index contributed by atoms with van der Waals surface area (Å²) in [5.41, 5.74) is 2.21. The number of fused-ring (bicyclic) bond motifs is 1. The molecule has 0 radical (unpaired) electrons. The number of hydrogen-bond acceptors (Lipinski definition) is 2. The van der Waals surface area contributed by atoms with E-state index in [4.69, 9.17) is 23.2 Å². The molecule has 3 aromatic rings. The molecule has 19 heavy (non-hydrogen) atoms. The molecule has 2 aromatic carbocycles. The van der Waals surface area contributed by atoms with Crippen LogP contribution in [-0.4, -0.2) is 15.1 Å². The standard InChI is InChI=1S/C14H10Cl2N2O/c15-9-6-11-12(7-10(9)16)18-14(17-11)13(19)8-4-2-1-3-5-8/h1-7,13,19H,(H,17,18). The maximum absolute atomic E-state index is 10.3. The lowest BCUT2D eigenvalue weighted by molar-refractivity contribution is 0.211. The van der Waals surface area contributed by atoms with Crippen molar-refractivity contribution in [3.63, 3.8) is 0 Å². The van der Waals surface area contributed by atoms with Gasteiger partial charge in [-0.3, -0.25) is 0 Å². The Bertz CT molecular complexity index is 686. The van der Waals surface area contributed by atoms with Gasteiger partial charge in [-0.1, -0.05) is 53.5 Å². The van der Waals surface area contributed by atoms with Crippen molar-refractivity contribution in [3.05, 3.63) is 63.9 Å². The Morgan fingerprint density at radius 1 is 1.05 bits per heavy atom. The first-order chi connectivity index (χ1) is 9.15. The summed E-state index contributed by atoms with van der Waals surface area (Å²) >= 11 is 11.9. The van der Waals surface area contributed by atoms with Gasteiger partial charge in [0.1, 0.15) is 11.9 Å². The Balaban J connectivity index is 2.06. The lowest BCUT2D eigenvalue weighted by atomic mass is 10.1. The van der Waals surface area contributed by atoms with Crippen LogP contribution in [-0.2, 0) is 0 Å². The number of aliphatic hydroxyl groups excluding tert-OH is 1. The summed E-state index contributed by atoms with van der Waals surface area (Å²) < 4.78 is 0. The lowest BCUT2D eigenvalue weighted by Gasteiger charge is -2.06. The third kappa shape index (κ3) is 2.32. The molecule has 1 unspecified atom stereocenters. The van der Waals surface area contributed by atoms with Crippen LogP contribution >= 0.6 is 23.2 Å². The molecule has 0 bridgehead atoms. The molecule has 0 aliphatic heterocycles. The van der Waals surface area contributed by atoms with Crippen LogP contribution in [0.1, 0.15) is 17.5 Å². The Morgan fingerprint density at radius 2 is 1.74 bits per heavy atom. The minimum Gasteiger partial charge on any atom is -0.380 e. The number of aromatic amines is 1. The summed E-state index contributed by atoms with van der Waals surface area (Å²) in [6.07, 6.45) is -0.800. The van der Waals surface area contributed by atoms with Crippen LogP contribution in [0.2, 0.25) is 10.0 Å². The predicted molar refractivity (Wildman–Crippen MR) is 76.6 cm³/mol. The molecule has 5 heteroatoms. The Kier molecular flexibility index (Phi) is 3.19. The zero-order valence-electron chi connectivity index (χ0n) is 9.77. The van der Waals surface area contributed by atoms with E-state index in [1.54, 1.807) is 12.1 Å². The number of nitrogens with one attached hydrogen (secondary N) is 1. The van der Waals surface area contributed by atoms with Crippen molar-refractivity contribution in [3.8, 4) is 0 Å². The zero-order valence-corrected chi connectivity index (χ0v) is 11.3. The highest BCUT2D eigenvalue weighted by Crippen LogP contribution is 2.28. The second kappa shape index (κ2) is 4.85. The van der Waals surface area contributed by atoms with Crippen LogP contribution in [0.4, 0.5) is 0 Å². The van der Waals surface area contributed by atoms with Crippen LogP contribution in [0, 0.1) is 0 Å². The average Bonchev–Trinajstić information content (AvgIpc) is 2.82. The number of aliphatic hydroxyl groups is 1. The van der Waals surface area contributed by atoms with Gasteiger partial charge >= 0.3 is 0 Å². The van der Waals surface area contributed by atoms with Crippen molar-refractivity contribution in [2.45, 2.75) is 6.10 Å². The fourth-order valence-corrected chi connectivity index (χ4v) is 2.27.